The first-order valence-electron chi connectivity index (χ1n) is 9.58. The van der Waals surface area contributed by atoms with Crippen LogP contribution in [-0.4, -0.2) is 33.5 Å². The number of aromatic nitrogens is 3. The molecule has 7 heteroatoms. The predicted molar refractivity (Wildman–Crippen MR) is 117 cm³/mol. The number of rotatable bonds is 8. The van der Waals surface area contributed by atoms with Gasteiger partial charge in [-0.15, -0.1) is 10.2 Å². The average molecular weight is 411 g/mol. The van der Waals surface area contributed by atoms with Crippen molar-refractivity contribution in [1.29, 1.82) is 0 Å². The van der Waals surface area contributed by atoms with E-state index < -0.39 is 0 Å². The Morgan fingerprint density at radius 2 is 1.90 bits per heavy atom. The lowest BCUT2D eigenvalue weighted by molar-refractivity contribution is -0.113. The minimum absolute atomic E-state index is 0.0758. The molecule has 0 radical (unpaired) electrons. The van der Waals surface area contributed by atoms with Crippen LogP contribution in [0.5, 0.6) is 5.75 Å². The molecule has 1 atom stereocenters. The van der Waals surface area contributed by atoms with Crippen molar-refractivity contribution in [2.75, 3.05) is 18.2 Å². The van der Waals surface area contributed by atoms with Crippen molar-refractivity contribution in [1.82, 2.24) is 14.8 Å². The summed E-state index contributed by atoms with van der Waals surface area (Å²) in [4.78, 5) is 12.3. The van der Waals surface area contributed by atoms with Crippen LogP contribution in [0, 0.1) is 0 Å². The van der Waals surface area contributed by atoms with Crippen molar-refractivity contribution >= 4 is 23.4 Å². The molecule has 6 nitrogen and oxygen atoms in total. The third-order valence-corrected chi connectivity index (χ3v) is 5.91. The number of carbonyl (C=O) groups is 1. The summed E-state index contributed by atoms with van der Waals surface area (Å²) in [6, 6.07) is 15.7. The lowest BCUT2D eigenvalue weighted by Crippen LogP contribution is -2.14. The summed E-state index contributed by atoms with van der Waals surface area (Å²) >= 11 is 1.35. The Morgan fingerprint density at radius 3 is 2.59 bits per heavy atom. The van der Waals surface area contributed by atoms with Crippen LogP contribution >= 0.6 is 11.8 Å². The maximum absolute atomic E-state index is 12.3. The van der Waals surface area contributed by atoms with Gasteiger partial charge in [0.15, 0.2) is 11.0 Å². The second-order valence-electron chi connectivity index (χ2n) is 6.83. The monoisotopic (exact) mass is 410 g/mol. The molecule has 1 N–H and O–H groups in total. The van der Waals surface area contributed by atoms with Crippen molar-refractivity contribution in [3.05, 3.63) is 54.1 Å². The molecule has 0 spiro atoms. The molecule has 1 amide bonds. The van der Waals surface area contributed by atoms with Gasteiger partial charge in [0, 0.05) is 12.7 Å². The number of carbonyl (C=O) groups excluding carboxylic acids is 1. The number of para-hydroxylation sites is 1. The molecule has 2 aromatic carbocycles. The Kier molecular flexibility index (Phi) is 6.93. The number of amides is 1. The molecule has 29 heavy (non-hydrogen) atoms. The molecule has 3 rings (SSSR count). The molecule has 3 aromatic rings. The topological polar surface area (TPSA) is 69.0 Å². The summed E-state index contributed by atoms with van der Waals surface area (Å²) in [7, 11) is 3.51. The summed E-state index contributed by atoms with van der Waals surface area (Å²) in [6.07, 6.45) is 1.09. The zero-order chi connectivity index (χ0) is 20.8. The number of hydrogen-bond acceptors (Lipinski definition) is 5. The molecule has 0 aliphatic rings. The van der Waals surface area contributed by atoms with Crippen LogP contribution in [0.3, 0.4) is 0 Å². The van der Waals surface area contributed by atoms with Crippen LogP contribution in [-0.2, 0) is 11.8 Å². The summed E-state index contributed by atoms with van der Waals surface area (Å²) in [6.45, 7) is 4.37. The molecule has 0 saturated carbocycles. The van der Waals surface area contributed by atoms with Crippen LogP contribution in [0.4, 0.5) is 5.69 Å². The van der Waals surface area contributed by atoms with Gasteiger partial charge < -0.3 is 14.6 Å². The first kappa shape index (κ1) is 20.9. The Hall–Kier alpha value is -2.80. The van der Waals surface area contributed by atoms with E-state index in [-0.39, 0.29) is 11.7 Å². The van der Waals surface area contributed by atoms with Gasteiger partial charge >= 0.3 is 0 Å². The Balaban J connectivity index is 1.62. The molecule has 1 heterocycles. The van der Waals surface area contributed by atoms with Crippen LogP contribution < -0.4 is 10.1 Å². The van der Waals surface area contributed by atoms with Gasteiger partial charge in [0.25, 0.3) is 0 Å². The van der Waals surface area contributed by atoms with Crippen molar-refractivity contribution in [3.8, 4) is 17.1 Å². The third kappa shape index (κ3) is 4.98. The number of thioether (sulfide) groups is 1. The first-order chi connectivity index (χ1) is 14.0. The zero-order valence-electron chi connectivity index (χ0n) is 17.2. The number of benzene rings is 2. The maximum Gasteiger partial charge on any atom is 0.234 e. The van der Waals surface area contributed by atoms with E-state index in [1.165, 1.54) is 17.3 Å². The van der Waals surface area contributed by atoms with Crippen LogP contribution in [0.1, 0.15) is 31.7 Å². The highest BCUT2D eigenvalue weighted by Gasteiger charge is 2.16. The van der Waals surface area contributed by atoms with E-state index in [1.807, 2.05) is 48.0 Å². The minimum Gasteiger partial charge on any atom is -0.496 e. The van der Waals surface area contributed by atoms with Crippen molar-refractivity contribution in [2.24, 2.45) is 7.05 Å². The molecule has 0 aliphatic carbocycles. The number of nitrogens with zero attached hydrogens (tertiary/aromatic N) is 3. The number of hydrogen-bond donors (Lipinski definition) is 1. The Morgan fingerprint density at radius 1 is 1.17 bits per heavy atom. The van der Waals surface area contributed by atoms with Gasteiger partial charge in [-0.25, -0.2) is 0 Å². The fraction of sp³-hybridized carbons (Fsp3) is 0.318. The SMILES string of the molecule is CC[C@@H](C)c1ccc(NC(=O)CSc2nnc(-c3ccccc3OC)n2C)cc1. The van der Waals surface area contributed by atoms with Crippen molar-refractivity contribution < 1.29 is 9.53 Å². The zero-order valence-corrected chi connectivity index (χ0v) is 18.0. The highest BCUT2D eigenvalue weighted by Crippen LogP contribution is 2.30. The van der Waals surface area contributed by atoms with E-state index in [2.05, 4.69) is 41.5 Å². The Bertz CT molecular complexity index is 969. The Labute approximate surface area is 175 Å². The second kappa shape index (κ2) is 9.60. The fourth-order valence-electron chi connectivity index (χ4n) is 2.96. The van der Waals surface area contributed by atoms with E-state index >= 15 is 0 Å². The van der Waals surface area contributed by atoms with Gasteiger partial charge in [-0.05, 0) is 42.2 Å². The highest BCUT2D eigenvalue weighted by molar-refractivity contribution is 7.99. The van der Waals surface area contributed by atoms with E-state index in [4.69, 9.17) is 4.74 Å². The third-order valence-electron chi connectivity index (χ3n) is 4.89. The highest BCUT2D eigenvalue weighted by atomic mass is 32.2. The largest absolute Gasteiger partial charge is 0.496 e. The summed E-state index contributed by atoms with van der Waals surface area (Å²) in [5, 5.41) is 12.1. The number of nitrogens with one attached hydrogen (secondary N) is 1. The van der Waals surface area contributed by atoms with Gasteiger partial charge in [-0.2, -0.15) is 0 Å². The van der Waals surface area contributed by atoms with E-state index in [9.17, 15) is 4.79 Å². The summed E-state index contributed by atoms with van der Waals surface area (Å²) in [5.41, 5.74) is 2.95. The maximum atomic E-state index is 12.3. The molecule has 0 aliphatic heterocycles. The lowest BCUT2D eigenvalue weighted by atomic mass is 9.99. The van der Waals surface area contributed by atoms with Gasteiger partial charge in [-0.1, -0.05) is 49.9 Å². The molecule has 0 saturated heterocycles. The van der Waals surface area contributed by atoms with Crippen LogP contribution in [0.2, 0.25) is 0 Å². The molecule has 0 unspecified atom stereocenters. The normalized spacial score (nSPS) is 11.9. The summed E-state index contributed by atoms with van der Waals surface area (Å²) in [5.74, 6) is 2.13. The van der Waals surface area contributed by atoms with E-state index in [0.717, 1.165) is 23.4 Å². The number of ether oxygens (including phenoxy) is 1. The second-order valence-corrected chi connectivity index (χ2v) is 7.78. The first-order valence-corrected chi connectivity index (χ1v) is 10.6. The van der Waals surface area contributed by atoms with E-state index in [1.54, 1.807) is 7.11 Å². The van der Waals surface area contributed by atoms with Crippen LogP contribution in [0.15, 0.2) is 53.7 Å². The molecule has 152 valence electrons. The quantitative estimate of drug-likeness (QED) is 0.544. The number of methoxy groups -OCH3 is 1. The minimum atomic E-state index is -0.0758. The van der Waals surface area contributed by atoms with Gasteiger partial charge in [0.05, 0.1) is 18.4 Å². The molecular formula is C22H26N4O2S. The number of anilines is 1. The smallest absolute Gasteiger partial charge is 0.234 e. The molecule has 1 aromatic heterocycles. The van der Waals surface area contributed by atoms with Gasteiger partial charge in [0.1, 0.15) is 5.75 Å². The van der Waals surface area contributed by atoms with Gasteiger partial charge in [-0.3, -0.25) is 4.79 Å². The van der Waals surface area contributed by atoms with Crippen molar-refractivity contribution in [2.45, 2.75) is 31.3 Å². The molecule has 0 bridgehead atoms. The standard InChI is InChI=1S/C22H26N4O2S/c1-5-15(2)16-10-12-17(13-11-16)23-20(27)14-29-22-25-24-21(26(22)3)18-8-6-7-9-19(18)28-4/h6-13,15H,5,14H2,1-4H3,(H,23,27)/t15-/m1/s1. The molecule has 0 fully saturated rings. The van der Waals surface area contributed by atoms with Crippen molar-refractivity contribution in [3.63, 3.8) is 0 Å². The lowest BCUT2D eigenvalue weighted by Gasteiger charge is -2.10. The fourth-order valence-corrected chi connectivity index (χ4v) is 3.67. The predicted octanol–water partition coefficient (Wildman–Crippen LogP) is 4.74. The average Bonchev–Trinajstić information content (AvgIpc) is 3.12. The van der Waals surface area contributed by atoms with Crippen LogP contribution in [0.25, 0.3) is 11.4 Å². The van der Waals surface area contributed by atoms with E-state index in [0.29, 0.717) is 16.9 Å². The molecular weight excluding hydrogens is 384 g/mol. The summed E-state index contributed by atoms with van der Waals surface area (Å²) < 4.78 is 7.28. The van der Waals surface area contributed by atoms with Gasteiger partial charge in [0.2, 0.25) is 5.91 Å².